The van der Waals surface area contributed by atoms with Gasteiger partial charge in [0.05, 0.1) is 17.4 Å². The molecule has 0 spiro atoms. The number of aromatic carboxylic acids is 1. The zero-order valence-corrected chi connectivity index (χ0v) is 15.4. The molecule has 140 valence electrons. The van der Waals surface area contributed by atoms with Crippen LogP contribution in [0.1, 0.15) is 43.5 Å². The predicted molar refractivity (Wildman–Crippen MR) is 95.5 cm³/mol. The first-order valence-electron chi connectivity index (χ1n) is 8.52. The van der Waals surface area contributed by atoms with Gasteiger partial charge in [0.25, 0.3) is 0 Å². The molecule has 2 rings (SSSR count). The topological polar surface area (TPSA) is 105 Å². The minimum Gasteiger partial charge on any atom is -0.478 e. The van der Waals surface area contributed by atoms with Crippen molar-refractivity contribution in [3.63, 3.8) is 0 Å². The van der Waals surface area contributed by atoms with E-state index in [4.69, 9.17) is 9.84 Å². The molecule has 0 saturated carbocycles. The summed E-state index contributed by atoms with van der Waals surface area (Å²) in [7, 11) is -3.80. The fraction of sp³-hybridized carbons (Fsp3) is 0.588. The molecule has 1 fully saturated rings. The number of carboxylic acids is 1. The van der Waals surface area contributed by atoms with Gasteiger partial charge in [-0.05, 0) is 43.4 Å². The maximum atomic E-state index is 12.6. The van der Waals surface area contributed by atoms with Crippen LogP contribution in [0.25, 0.3) is 0 Å². The molecule has 0 unspecified atom stereocenters. The molecule has 0 radical (unpaired) electrons. The second-order valence-corrected chi connectivity index (χ2v) is 8.35. The lowest BCUT2D eigenvalue weighted by Crippen LogP contribution is -2.27. The maximum absolute atomic E-state index is 12.6. The lowest BCUT2D eigenvalue weighted by Gasteiger charge is -2.16. The molecule has 1 aliphatic rings. The molecule has 7 nitrogen and oxygen atoms in total. The van der Waals surface area contributed by atoms with Gasteiger partial charge in [-0.3, -0.25) is 0 Å². The Labute approximate surface area is 148 Å². The van der Waals surface area contributed by atoms with E-state index >= 15 is 0 Å². The molecule has 1 aromatic rings. The number of carboxylic acid groups (broad SMARTS) is 1. The highest BCUT2D eigenvalue weighted by Gasteiger charge is 2.22. The van der Waals surface area contributed by atoms with E-state index in [1.807, 2.05) is 13.8 Å². The molecule has 25 heavy (non-hydrogen) atoms. The first kappa shape index (κ1) is 19.7. The Balaban J connectivity index is 2.21. The molecule has 8 heteroatoms. The standard InChI is InChI=1S/C17H26N2O5S/c1-12(2)7-8-19-25(22,23)16-10-13(17(20)21)5-6-15(16)18-11-14-4-3-9-24-14/h5-6,10,12,14,18-19H,3-4,7-9,11H2,1-2H3,(H,20,21)/t14-/m1/s1. The second-order valence-electron chi connectivity index (χ2n) is 6.61. The van der Waals surface area contributed by atoms with Crippen molar-refractivity contribution >= 4 is 21.7 Å². The van der Waals surface area contributed by atoms with Crippen LogP contribution in [-0.2, 0) is 14.8 Å². The third-order valence-corrected chi connectivity index (χ3v) is 5.58. The molecule has 1 aliphatic heterocycles. The van der Waals surface area contributed by atoms with Gasteiger partial charge in [-0.25, -0.2) is 17.9 Å². The second kappa shape index (κ2) is 8.64. The molecule has 1 heterocycles. The van der Waals surface area contributed by atoms with Crippen molar-refractivity contribution in [2.75, 3.05) is 25.0 Å². The molecule has 0 bridgehead atoms. The van der Waals surface area contributed by atoms with Crippen LogP contribution in [0.15, 0.2) is 23.1 Å². The Morgan fingerprint density at radius 3 is 2.76 bits per heavy atom. The number of hydrogen-bond donors (Lipinski definition) is 3. The maximum Gasteiger partial charge on any atom is 0.335 e. The normalized spacial score (nSPS) is 17.8. The molecule has 0 aromatic heterocycles. The predicted octanol–water partition coefficient (Wildman–Crippen LogP) is 2.30. The smallest absolute Gasteiger partial charge is 0.335 e. The van der Waals surface area contributed by atoms with Crippen molar-refractivity contribution in [3.8, 4) is 0 Å². The lowest BCUT2D eigenvalue weighted by atomic mass is 10.1. The third kappa shape index (κ3) is 5.69. The fourth-order valence-corrected chi connectivity index (χ4v) is 3.87. The van der Waals surface area contributed by atoms with Crippen molar-refractivity contribution in [1.29, 1.82) is 0 Å². The molecule has 1 aromatic carbocycles. The Bertz CT molecular complexity index is 697. The van der Waals surface area contributed by atoms with Crippen molar-refractivity contribution in [2.45, 2.75) is 44.1 Å². The number of anilines is 1. The van der Waals surface area contributed by atoms with Gasteiger partial charge in [-0.15, -0.1) is 0 Å². The van der Waals surface area contributed by atoms with Crippen molar-refractivity contribution < 1.29 is 23.1 Å². The number of ether oxygens (including phenoxy) is 1. The van der Waals surface area contributed by atoms with Gasteiger partial charge in [-0.2, -0.15) is 0 Å². The van der Waals surface area contributed by atoms with Crippen LogP contribution in [0.5, 0.6) is 0 Å². The SMILES string of the molecule is CC(C)CCNS(=O)(=O)c1cc(C(=O)O)ccc1NC[C@H]1CCCO1. The highest BCUT2D eigenvalue weighted by molar-refractivity contribution is 7.89. The number of carbonyl (C=O) groups is 1. The quantitative estimate of drug-likeness (QED) is 0.616. The monoisotopic (exact) mass is 370 g/mol. The number of sulfonamides is 1. The Hall–Kier alpha value is -1.64. The van der Waals surface area contributed by atoms with E-state index in [9.17, 15) is 13.2 Å². The molecule has 3 N–H and O–H groups in total. The highest BCUT2D eigenvalue weighted by atomic mass is 32.2. The van der Waals surface area contributed by atoms with E-state index in [2.05, 4.69) is 10.0 Å². The van der Waals surface area contributed by atoms with Gasteiger partial charge in [0.2, 0.25) is 10.0 Å². The van der Waals surface area contributed by atoms with Crippen molar-refractivity contribution in [3.05, 3.63) is 23.8 Å². The van der Waals surface area contributed by atoms with E-state index < -0.39 is 16.0 Å². The summed E-state index contributed by atoms with van der Waals surface area (Å²) in [5.74, 6) is -0.797. The molecular formula is C17H26N2O5S. The van der Waals surface area contributed by atoms with Gasteiger partial charge < -0.3 is 15.2 Å². The van der Waals surface area contributed by atoms with Gasteiger partial charge in [0.1, 0.15) is 4.90 Å². The zero-order chi connectivity index (χ0) is 18.4. The van der Waals surface area contributed by atoms with Crippen LogP contribution >= 0.6 is 0 Å². The van der Waals surface area contributed by atoms with E-state index in [-0.39, 0.29) is 16.6 Å². The van der Waals surface area contributed by atoms with Gasteiger partial charge in [0.15, 0.2) is 0 Å². The van der Waals surface area contributed by atoms with Crippen LogP contribution in [0.2, 0.25) is 0 Å². The first-order chi connectivity index (χ1) is 11.8. The van der Waals surface area contributed by atoms with E-state index in [0.717, 1.165) is 12.8 Å². The van der Waals surface area contributed by atoms with Gasteiger partial charge in [-0.1, -0.05) is 13.8 Å². The van der Waals surface area contributed by atoms with Gasteiger partial charge >= 0.3 is 5.97 Å². The number of nitrogens with one attached hydrogen (secondary N) is 2. The summed E-state index contributed by atoms with van der Waals surface area (Å²) in [6.07, 6.45) is 2.67. The summed E-state index contributed by atoms with van der Waals surface area (Å²) >= 11 is 0. The lowest BCUT2D eigenvalue weighted by molar-refractivity contribution is 0.0696. The van der Waals surface area contributed by atoms with Crippen LogP contribution in [0.3, 0.4) is 0 Å². The summed E-state index contributed by atoms with van der Waals surface area (Å²) in [5, 5.41) is 12.3. The highest BCUT2D eigenvalue weighted by Crippen LogP contribution is 2.24. The summed E-state index contributed by atoms with van der Waals surface area (Å²) in [5.41, 5.74) is 0.324. The zero-order valence-electron chi connectivity index (χ0n) is 14.6. The summed E-state index contributed by atoms with van der Waals surface area (Å²) in [6, 6.07) is 4.08. The number of benzene rings is 1. The van der Waals surface area contributed by atoms with Crippen molar-refractivity contribution in [2.24, 2.45) is 5.92 Å². The summed E-state index contributed by atoms with van der Waals surface area (Å²) < 4.78 is 33.3. The average molecular weight is 370 g/mol. The van der Waals surface area contributed by atoms with Crippen molar-refractivity contribution in [1.82, 2.24) is 4.72 Å². The number of hydrogen-bond acceptors (Lipinski definition) is 5. The first-order valence-corrected chi connectivity index (χ1v) is 10.0. The molecule has 1 atom stereocenters. The molecular weight excluding hydrogens is 344 g/mol. The summed E-state index contributed by atoms with van der Waals surface area (Å²) in [4.78, 5) is 11.2. The Kier molecular flexibility index (Phi) is 6.80. The minimum atomic E-state index is -3.80. The fourth-order valence-electron chi connectivity index (χ4n) is 2.61. The van der Waals surface area contributed by atoms with Crippen LogP contribution < -0.4 is 10.0 Å². The number of rotatable bonds is 9. The van der Waals surface area contributed by atoms with Gasteiger partial charge in [0, 0.05) is 19.7 Å². The minimum absolute atomic E-state index is 0.0450. The van der Waals surface area contributed by atoms with E-state index in [1.165, 1.54) is 18.2 Å². The molecule has 1 saturated heterocycles. The largest absolute Gasteiger partial charge is 0.478 e. The molecule has 0 amide bonds. The Morgan fingerprint density at radius 2 is 2.16 bits per heavy atom. The third-order valence-electron chi connectivity index (χ3n) is 4.08. The Morgan fingerprint density at radius 1 is 1.40 bits per heavy atom. The average Bonchev–Trinajstić information content (AvgIpc) is 3.05. The molecule has 0 aliphatic carbocycles. The van der Waals surface area contributed by atoms with E-state index in [0.29, 0.717) is 37.7 Å². The van der Waals surface area contributed by atoms with Crippen LogP contribution in [0.4, 0.5) is 5.69 Å². The summed E-state index contributed by atoms with van der Waals surface area (Å²) in [6.45, 7) is 5.53. The van der Waals surface area contributed by atoms with Crippen LogP contribution in [0, 0.1) is 5.92 Å². The van der Waals surface area contributed by atoms with E-state index in [1.54, 1.807) is 0 Å². The van der Waals surface area contributed by atoms with Crippen LogP contribution in [-0.4, -0.2) is 45.3 Å².